The van der Waals surface area contributed by atoms with Gasteiger partial charge in [-0.15, -0.1) is 0 Å². The monoisotopic (exact) mass is 385 g/mol. The molecular formula is C19H13Cl2N3O2. The van der Waals surface area contributed by atoms with Gasteiger partial charge in [-0.2, -0.15) is 0 Å². The van der Waals surface area contributed by atoms with Crippen LogP contribution in [0.4, 0.5) is 11.4 Å². The number of amides is 2. The molecule has 7 heteroatoms. The van der Waals surface area contributed by atoms with Crippen LogP contribution >= 0.6 is 23.2 Å². The van der Waals surface area contributed by atoms with Crippen molar-refractivity contribution in [1.82, 2.24) is 4.98 Å². The van der Waals surface area contributed by atoms with E-state index in [0.717, 1.165) is 0 Å². The van der Waals surface area contributed by atoms with E-state index in [9.17, 15) is 9.59 Å². The number of carbonyl (C=O) groups excluding carboxylic acids is 2. The Morgan fingerprint density at radius 1 is 0.769 bits per heavy atom. The summed E-state index contributed by atoms with van der Waals surface area (Å²) < 4.78 is 0. The standard InChI is InChI=1S/C19H13Cl2N3O2/c20-16-9-2-1-7-14(16)18(25)23-12-5-3-6-13(11-12)24-19(26)15-8-4-10-22-17(15)21/h1-11H,(H,23,25)(H,24,26). The van der Waals surface area contributed by atoms with Crippen LogP contribution in [-0.4, -0.2) is 16.8 Å². The first-order valence-corrected chi connectivity index (χ1v) is 8.38. The highest BCUT2D eigenvalue weighted by molar-refractivity contribution is 6.34. The van der Waals surface area contributed by atoms with Gasteiger partial charge in [0, 0.05) is 17.6 Å². The van der Waals surface area contributed by atoms with Gasteiger partial charge in [0.2, 0.25) is 0 Å². The van der Waals surface area contributed by atoms with Crippen LogP contribution in [0.2, 0.25) is 10.2 Å². The van der Waals surface area contributed by atoms with Crippen LogP contribution in [0.25, 0.3) is 0 Å². The third-order valence-corrected chi connectivity index (χ3v) is 4.13. The molecule has 1 heterocycles. The summed E-state index contributed by atoms with van der Waals surface area (Å²) in [7, 11) is 0. The predicted molar refractivity (Wildman–Crippen MR) is 103 cm³/mol. The molecular weight excluding hydrogens is 373 g/mol. The molecule has 0 saturated heterocycles. The average Bonchev–Trinajstić information content (AvgIpc) is 2.62. The van der Waals surface area contributed by atoms with E-state index in [1.807, 2.05) is 0 Å². The predicted octanol–water partition coefficient (Wildman–Crippen LogP) is 4.89. The highest BCUT2D eigenvalue weighted by Gasteiger charge is 2.12. The maximum absolute atomic E-state index is 12.3. The summed E-state index contributed by atoms with van der Waals surface area (Å²) >= 11 is 12.0. The van der Waals surface area contributed by atoms with Crippen molar-refractivity contribution in [1.29, 1.82) is 0 Å². The second-order valence-corrected chi connectivity index (χ2v) is 6.08. The summed E-state index contributed by atoms with van der Waals surface area (Å²) in [4.78, 5) is 28.5. The largest absolute Gasteiger partial charge is 0.322 e. The summed E-state index contributed by atoms with van der Waals surface area (Å²) in [6.45, 7) is 0. The first-order chi connectivity index (χ1) is 12.5. The van der Waals surface area contributed by atoms with Gasteiger partial charge in [-0.3, -0.25) is 9.59 Å². The topological polar surface area (TPSA) is 71.1 Å². The zero-order valence-electron chi connectivity index (χ0n) is 13.4. The molecule has 2 amide bonds. The van der Waals surface area contributed by atoms with Crippen LogP contribution in [-0.2, 0) is 0 Å². The summed E-state index contributed by atoms with van der Waals surface area (Å²) in [5, 5.41) is 5.95. The lowest BCUT2D eigenvalue weighted by Gasteiger charge is -2.10. The van der Waals surface area contributed by atoms with Crippen LogP contribution < -0.4 is 10.6 Å². The quantitative estimate of drug-likeness (QED) is 0.627. The first-order valence-electron chi connectivity index (χ1n) is 7.62. The summed E-state index contributed by atoms with van der Waals surface area (Å²) in [6.07, 6.45) is 1.50. The molecule has 0 fully saturated rings. The molecule has 0 aliphatic carbocycles. The minimum absolute atomic E-state index is 0.119. The van der Waals surface area contributed by atoms with Crippen molar-refractivity contribution >= 4 is 46.4 Å². The molecule has 0 bridgehead atoms. The van der Waals surface area contributed by atoms with Crippen LogP contribution in [0.3, 0.4) is 0 Å². The second-order valence-electron chi connectivity index (χ2n) is 5.31. The number of hydrogen-bond acceptors (Lipinski definition) is 3. The van der Waals surface area contributed by atoms with Gasteiger partial charge in [-0.05, 0) is 42.5 Å². The van der Waals surface area contributed by atoms with E-state index in [4.69, 9.17) is 23.2 Å². The molecule has 5 nitrogen and oxygen atoms in total. The van der Waals surface area contributed by atoms with Gasteiger partial charge in [0.25, 0.3) is 11.8 Å². The van der Waals surface area contributed by atoms with Crippen LogP contribution in [0, 0.1) is 0 Å². The molecule has 3 aromatic rings. The Balaban J connectivity index is 1.74. The molecule has 2 N–H and O–H groups in total. The van der Waals surface area contributed by atoms with Gasteiger partial charge in [0.05, 0.1) is 16.1 Å². The Hall–Kier alpha value is -2.89. The van der Waals surface area contributed by atoms with Gasteiger partial charge < -0.3 is 10.6 Å². The van der Waals surface area contributed by atoms with Crippen LogP contribution in [0.1, 0.15) is 20.7 Å². The Bertz CT molecular complexity index is 902. The number of aromatic nitrogens is 1. The lowest BCUT2D eigenvalue weighted by Crippen LogP contribution is -2.14. The molecule has 0 spiro atoms. The van der Waals surface area contributed by atoms with Crippen molar-refractivity contribution in [3.8, 4) is 0 Å². The first kappa shape index (κ1) is 17.9. The van der Waals surface area contributed by atoms with Crippen LogP contribution in [0.15, 0.2) is 66.9 Å². The zero-order chi connectivity index (χ0) is 18.5. The van der Waals surface area contributed by atoms with Crippen molar-refractivity contribution in [3.05, 3.63) is 88.2 Å². The van der Waals surface area contributed by atoms with Crippen molar-refractivity contribution < 1.29 is 9.59 Å². The fourth-order valence-corrected chi connectivity index (χ4v) is 2.70. The number of rotatable bonds is 4. The minimum Gasteiger partial charge on any atom is -0.322 e. The molecule has 0 aliphatic heterocycles. The van der Waals surface area contributed by atoms with Crippen molar-refractivity contribution in [3.63, 3.8) is 0 Å². The highest BCUT2D eigenvalue weighted by atomic mass is 35.5. The molecule has 0 radical (unpaired) electrons. The summed E-state index contributed by atoms with van der Waals surface area (Å²) in [5.74, 6) is -0.730. The molecule has 0 saturated carbocycles. The lowest BCUT2D eigenvalue weighted by molar-refractivity contribution is 0.101. The Morgan fingerprint density at radius 3 is 2.04 bits per heavy atom. The number of nitrogens with one attached hydrogen (secondary N) is 2. The van der Waals surface area contributed by atoms with Gasteiger partial charge in [-0.25, -0.2) is 4.98 Å². The Morgan fingerprint density at radius 2 is 1.38 bits per heavy atom. The van der Waals surface area contributed by atoms with Crippen LogP contribution in [0.5, 0.6) is 0 Å². The number of anilines is 2. The molecule has 0 unspecified atom stereocenters. The maximum atomic E-state index is 12.3. The normalized spacial score (nSPS) is 10.2. The summed E-state index contributed by atoms with van der Waals surface area (Å²) in [5.41, 5.74) is 1.65. The SMILES string of the molecule is O=C(Nc1cccc(NC(=O)c2cccnc2Cl)c1)c1ccccc1Cl. The number of carbonyl (C=O) groups is 2. The van der Waals surface area contributed by atoms with E-state index < -0.39 is 5.91 Å². The lowest BCUT2D eigenvalue weighted by atomic mass is 10.2. The molecule has 26 heavy (non-hydrogen) atoms. The van der Waals surface area contributed by atoms with E-state index in [2.05, 4.69) is 15.6 Å². The van der Waals surface area contributed by atoms with E-state index in [-0.39, 0.29) is 16.6 Å². The number of hydrogen-bond donors (Lipinski definition) is 2. The molecule has 2 aromatic carbocycles. The van der Waals surface area contributed by atoms with Gasteiger partial charge in [-0.1, -0.05) is 41.4 Å². The van der Waals surface area contributed by atoms with E-state index >= 15 is 0 Å². The second kappa shape index (κ2) is 7.99. The van der Waals surface area contributed by atoms with E-state index in [1.165, 1.54) is 6.20 Å². The van der Waals surface area contributed by atoms with Crippen molar-refractivity contribution in [2.75, 3.05) is 10.6 Å². The molecule has 3 rings (SSSR count). The Labute approximate surface area is 160 Å². The number of halogens is 2. The maximum Gasteiger partial charge on any atom is 0.258 e. The minimum atomic E-state index is -0.391. The van der Waals surface area contributed by atoms with Crippen molar-refractivity contribution in [2.45, 2.75) is 0 Å². The summed E-state index contributed by atoms with van der Waals surface area (Å²) in [6, 6.07) is 16.7. The average molecular weight is 386 g/mol. The highest BCUT2D eigenvalue weighted by Crippen LogP contribution is 2.20. The zero-order valence-corrected chi connectivity index (χ0v) is 14.9. The third-order valence-electron chi connectivity index (χ3n) is 3.50. The fourth-order valence-electron chi connectivity index (χ4n) is 2.27. The number of pyridine rings is 1. The number of nitrogens with zero attached hydrogens (tertiary/aromatic N) is 1. The van der Waals surface area contributed by atoms with E-state index in [1.54, 1.807) is 60.7 Å². The molecule has 0 atom stereocenters. The fraction of sp³-hybridized carbons (Fsp3) is 0. The van der Waals surface area contributed by atoms with E-state index in [0.29, 0.717) is 22.0 Å². The smallest absolute Gasteiger partial charge is 0.258 e. The van der Waals surface area contributed by atoms with Gasteiger partial charge in [0.1, 0.15) is 5.15 Å². The molecule has 0 aliphatic rings. The van der Waals surface area contributed by atoms with Gasteiger partial charge >= 0.3 is 0 Å². The third kappa shape index (κ3) is 4.20. The Kier molecular flexibility index (Phi) is 5.51. The van der Waals surface area contributed by atoms with Crippen molar-refractivity contribution in [2.24, 2.45) is 0 Å². The molecule has 1 aromatic heterocycles. The van der Waals surface area contributed by atoms with Gasteiger partial charge in [0.15, 0.2) is 0 Å². The molecule has 130 valence electrons. The number of benzene rings is 2.